The van der Waals surface area contributed by atoms with Gasteiger partial charge >= 0.3 is 5.63 Å². The van der Waals surface area contributed by atoms with Gasteiger partial charge in [0, 0.05) is 12.5 Å². The van der Waals surface area contributed by atoms with E-state index in [2.05, 4.69) is 10.2 Å². The summed E-state index contributed by atoms with van der Waals surface area (Å²) >= 11 is 0. The molecule has 4 nitrogen and oxygen atoms in total. The Morgan fingerprint density at radius 3 is 2.50 bits per heavy atom. The number of hydrogen-bond donors (Lipinski definition) is 0. The molecule has 0 aliphatic carbocycles. The van der Waals surface area contributed by atoms with Crippen molar-refractivity contribution in [2.45, 2.75) is 6.92 Å². The summed E-state index contributed by atoms with van der Waals surface area (Å²) < 4.78 is 4.83. The first-order chi connectivity index (χ1) is 6.77. The van der Waals surface area contributed by atoms with E-state index in [0.717, 1.165) is 0 Å². The fourth-order valence-corrected chi connectivity index (χ4v) is 1.14. The molecule has 0 unspecified atom stereocenters. The molecule has 70 valence electrons. The Balaban J connectivity index is 2.59. The lowest BCUT2D eigenvalue weighted by Crippen LogP contribution is -2.08. The Morgan fingerprint density at radius 1 is 1.14 bits per heavy atom. The first kappa shape index (κ1) is 8.62. The number of benzene rings is 1. The number of rotatable bonds is 1. The van der Waals surface area contributed by atoms with Gasteiger partial charge in [-0.15, -0.1) is 10.2 Å². The summed E-state index contributed by atoms with van der Waals surface area (Å²) in [5, 5.41) is 7.49. The summed E-state index contributed by atoms with van der Waals surface area (Å²) in [6.07, 6.45) is 0. The van der Waals surface area contributed by atoms with Gasteiger partial charge in [0.2, 0.25) is 5.89 Å². The zero-order chi connectivity index (χ0) is 9.97. The molecule has 0 N–H and O–H groups in total. The molecule has 1 heterocycles. The van der Waals surface area contributed by atoms with Crippen LogP contribution in [0.5, 0.6) is 0 Å². The first-order valence-corrected chi connectivity index (χ1v) is 4.17. The van der Waals surface area contributed by atoms with E-state index in [4.69, 9.17) is 4.42 Å². The second kappa shape index (κ2) is 3.41. The van der Waals surface area contributed by atoms with E-state index in [1.807, 2.05) is 18.2 Å². The molecule has 0 saturated heterocycles. The Hall–Kier alpha value is -1.97. The van der Waals surface area contributed by atoms with Gasteiger partial charge in [-0.1, -0.05) is 30.3 Å². The molecular formula is C10H8N2O2. The van der Waals surface area contributed by atoms with Crippen LogP contribution < -0.4 is 5.63 Å². The molecule has 1 aromatic heterocycles. The lowest BCUT2D eigenvalue weighted by Gasteiger charge is -1.96. The SMILES string of the molecule is Cc1nnc(-c2ccccc2)c(=O)o1. The summed E-state index contributed by atoms with van der Waals surface area (Å²) in [6, 6.07) is 9.10. The van der Waals surface area contributed by atoms with Gasteiger partial charge in [-0.05, 0) is 0 Å². The molecule has 0 amide bonds. The standard InChI is InChI=1S/C10H8N2O2/c1-7-11-12-9(10(13)14-7)8-5-3-2-4-6-8/h2-6H,1H3. The van der Waals surface area contributed by atoms with Crippen molar-refractivity contribution in [2.24, 2.45) is 0 Å². The second-order valence-corrected chi connectivity index (χ2v) is 2.82. The topological polar surface area (TPSA) is 56.0 Å². The highest BCUT2D eigenvalue weighted by Gasteiger charge is 2.06. The fraction of sp³-hybridized carbons (Fsp3) is 0.100. The molecule has 0 aliphatic heterocycles. The molecular weight excluding hydrogens is 180 g/mol. The minimum absolute atomic E-state index is 0.246. The highest BCUT2D eigenvalue weighted by molar-refractivity contribution is 5.56. The number of hydrogen-bond acceptors (Lipinski definition) is 4. The van der Waals surface area contributed by atoms with E-state index in [9.17, 15) is 4.79 Å². The van der Waals surface area contributed by atoms with Crippen LogP contribution in [-0.4, -0.2) is 10.2 Å². The van der Waals surface area contributed by atoms with Gasteiger partial charge in [0.25, 0.3) is 0 Å². The van der Waals surface area contributed by atoms with Crippen LogP contribution in [0.4, 0.5) is 0 Å². The van der Waals surface area contributed by atoms with Crippen molar-refractivity contribution in [1.29, 1.82) is 0 Å². The van der Waals surface area contributed by atoms with E-state index >= 15 is 0 Å². The molecule has 1 aromatic carbocycles. The summed E-state index contributed by atoms with van der Waals surface area (Å²) in [7, 11) is 0. The molecule has 0 fully saturated rings. The quantitative estimate of drug-likeness (QED) is 0.678. The van der Waals surface area contributed by atoms with Crippen LogP contribution in [0, 0.1) is 6.92 Å². The number of aryl methyl sites for hydroxylation is 1. The molecule has 4 heteroatoms. The summed E-state index contributed by atoms with van der Waals surface area (Å²) in [6.45, 7) is 1.59. The van der Waals surface area contributed by atoms with Gasteiger partial charge < -0.3 is 4.42 Å². The normalized spacial score (nSPS) is 10.1. The average Bonchev–Trinajstić information content (AvgIpc) is 2.19. The third-order valence-corrected chi connectivity index (χ3v) is 1.77. The van der Waals surface area contributed by atoms with E-state index in [1.54, 1.807) is 19.1 Å². The van der Waals surface area contributed by atoms with Gasteiger partial charge in [-0.2, -0.15) is 0 Å². The Labute approximate surface area is 80.2 Å². The number of nitrogens with zero attached hydrogens (tertiary/aromatic N) is 2. The highest BCUT2D eigenvalue weighted by Crippen LogP contribution is 2.10. The van der Waals surface area contributed by atoms with Crippen LogP contribution >= 0.6 is 0 Å². The third kappa shape index (κ3) is 1.54. The maximum absolute atomic E-state index is 11.4. The van der Waals surface area contributed by atoms with Crippen LogP contribution in [0.25, 0.3) is 11.3 Å². The maximum atomic E-state index is 11.4. The fourth-order valence-electron chi connectivity index (χ4n) is 1.14. The summed E-state index contributed by atoms with van der Waals surface area (Å²) in [5.41, 5.74) is 0.508. The van der Waals surface area contributed by atoms with Crippen molar-refractivity contribution in [1.82, 2.24) is 10.2 Å². The molecule has 2 aromatic rings. The first-order valence-electron chi connectivity index (χ1n) is 4.17. The highest BCUT2D eigenvalue weighted by atomic mass is 16.4. The monoisotopic (exact) mass is 188 g/mol. The minimum atomic E-state index is -0.455. The average molecular weight is 188 g/mol. The Kier molecular flexibility index (Phi) is 2.10. The molecule has 0 spiro atoms. The van der Waals surface area contributed by atoms with Gasteiger partial charge in [0.15, 0.2) is 5.69 Å². The summed E-state index contributed by atoms with van der Waals surface area (Å²) in [4.78, 5) is 11.4. The molecule has 0 radical (unpaired) electrons. The largest absolute Gasteiger partial charge is 0.405 e. The van der Waals surface area contributed by atoms with Crippen molar-refractivity contribution in [3.8, 4) is 11.3 Å². The van der Waals surface area contributed by atoms with Crippen molar-refractivity contribution in [3.63, 3.8) is 0 Å². The molecule has 0 bridgehead atoms. The van der Waals surface area contributed by atoms with Gasteiger partial charge in [0.05, 0.1) is 0 Å². The zero-order valence-electron chi connectivity index (χ0n) is 7.60. The van der Waals surface area contributed by atoms with Crippen LogP contribution in [0.3, 0.4) is 0 Å². The van der Waals surface area contributed by atoms with Crippen LogP contribution in [0.15, 0.2) is 39.5 Å². The third-order valence-electron chi connectivity index (χ3n) is 1.77. The van der Waals surface area contributed by atoms with Gasteiger partial charge in [0.1, 0.15) is 0 Å². The summed E-state index contributed by atoms with van der Waals surface area (Å²) in [5.74, 6) is 0.273. The van der Waals surface area contributed by atoms with E-state index in [1.165, 1.54) is 0 Å². The van der Waals surface area contributed by atoms with Gasteiger partial charge in [-0.3, -0.25) is 0 Å². The molecule has 0 aliphatic rings. The van der Waals surface area contributed by atoms with Gasteiger partial charge in [-0.25, -0.2) is 4.79 Å². The van der Waals surface area contributed by atoms with Crippen LogP contribution in [-0.2, 0) is 0 Å². The lowest BCUT2D eigenvalue weighted by molar-refractivity contribution is 0.443. The number of aromatic nitrogens is 2. The van der Waals surface area contributed by atoms with E-state index < -0.39 is 5.63 Å². The van der Waals surface area contributed by atoms with Crippen molar-refractivity contribution in [3.05, 3.63) is 46.6 Å². The van der Waals surface area contributed by atoms with Crippen molar-refractivity contribution < 1.29 is 4.42 Å². The zero-order valence-corrected chi connectivity index (χ0v) is 7.60. The molecule has 14 heavy (non-hydrogen) atoms. The van der Waals surface area contributed by atoms with Crippen LogP contribution in [0.1, 0.15) is 5.89 Å². The molecule has 0 atom stereocenters. The molecule has 0 saturated carbocycles. The minimum Gasteiger partial charge on any atom is -0.405 e. The molecule has 2 rings (SSSR count). The second-order valence-electron chi connectivity index (χ2n) is 2.82. The lowest BCUT2D eigenvalue weighted by atomic mass is 10.2. The smallest absolute Gasteiger partial charge is 0.366 e. The van der Waals surface area contributed by atoms with Crippen LogP contribution in [0.2, 0.25) is 0 Å². The maximum Gasteiger partial charge on any atom is 0.366 e. The van der Waals surface area contributed by atoms with Crippen molar-refractivity contribution >= 4 is 0 Å². The van der Waals surface area contributed by atoms with E-state index in [-0.39, 0.29) is 11.6 Å². The Bertz CT molecular complexity index is 491. The van der Waals surface area contributed by atoms with Crippen molar-refractivity contribution in [2.75, 3.05) is 0 Å². The predicted molar refractivity (Wildman–Crippen MR) is 50.7 cm³/mol. The van der Waals surface area contributed by atoms with E-state index in [0.29, 0.717) is 5.56 Å². The predicted octanol–water partition coefficient (Wildman–Crippen LogP) is 1.41. The Morgan fingerprint density at radius 2 is 1.86 bits per heavy atom.